The van der Waals surface area contributed by atoms with Crippen LogP contribution in [-0.2, 0) is 23.9 Å². The molecule has 4 fully saturated rings. The van der Waals surface area contributed by atoms with Crippen LogP contribution in [0.1, 0.15) is 52.9 Å². The van der Waals surface area contributed by atoms with E-state index < -0.39 is 35.5 Å². The Morgan fingerprint density at radius 1 is 1.08 bits per heavy atom. The molecule has 4 aliphatic carbocycles. The molecular weight excluding hydrogens is 334 g/mol. The normalized spacial score (nSPS) is 34.1. The van der Waals surface area contributed by atoms with Crippen molar-refractivity contribution < 1.29 is 32.6 Å². The summed E-state index contributed by atoms with van der Waals surface area (Å²) in [5, 5.41) is 0. The lowest BCUT2D eigenvalue weighted by Crippen LogP contribution is -2.57. The Kier molecular flexibility index (Phi) is 4.20. The fourth-order valence-electron chi connectivity index (χ4n) is 4.57. The van der Waals surface area contributed by atoms with Gasteiger partial charge in [-0.3, -0.25) is 9.59 Å². The first-order chi connectivity index (χ1) is 11.4. The van der Waals surface area contributed by atoms with Crippen LogP contribution in [0.5, 0.6) is 0 Å². The Balaban J connectivity index is 1.63. The molecule has 0 aromatic carbocycles. The average molecular weight is 358 g/mol. The number of carbonyl (C=O) groups excluding carboxylic acids is 3. The number of hydrogen-bond donors (Lipinski definition) is 0. The summed E-state index contributed by atoms with van der Waals surface area (Å²) in [6.07, 6.45) is 3.60. The number of hydrogen-bond acceptors (Lipinski definition) is 5. The van der Waals surface area contributed by atoms with Crippen LogP contribution in [0.15, 0.2) is 0 Å². The number of halogens is 2. The molecule has 0 aromatic heterocycles. The van der Waals surface area contributed by atoms with E-state index in [0.29, 0.717) is 31.5 Å². The fourth-order valence-corrected chi connectivity index (χ4v) is 4.57. The van der Waals surface area contributed by atoms with Crippen molar-refractivity contribution in [2.75, 3.05) is 6.61 Å². The highest BCUT2D eigenvalue weighted by molar-refractivity contribution is 5.86. The zero-order valence-electron chi connectivity index (χ0n) is 14.8. The molecule has 4 bridgehead atoms. The van der Waals surface area contributed by atoms with Crippen LogP contribution in [0.4, 0.5) is 8.78 Å². The zero-order valence-corrected chi connectivity index (χ0v) is 14.8. The number of esters is 2. The van der Waals surface area contributed by atoms with Gasteiger partial charge in [-0.05, 0) is 51.9 Å². The van der Waals surface area contributed by atoms with Crippen LogP contribution >= 0.6 is 0 Å². The summed E-state index contributed by atoms with van der Waals surface area (Å²) < 4.78 is 36.2. The maximum atomic E-state index is 12.9. The van der Waals surface area contributed by atoms with E-state index in [4.69, 9.17) is 4.74 Å². The number of ketones is 1. The van der Waals surface area contributed by atoms with E-state index in [1.165, 1.54) is 13.8 Å². The molecule has 4 saturated carbocycles. The summed E-state index contributed by atoms with van der Waals surface area (Å²) in [5.74, 6) is -5.19. The molecule has 0 aliphatic heterocycles. The number of alkyl halides is 2. The third kappa shape index (κ3) is 3.42. The summed E-state index contributed by atoms with van der Waals surface area (Å²) in [7, 11) is 0. The van der Waals surface area contributed by atoms with Crippen LogP contribution in [0, 0.1) is 23.2 Å². The molecule has 0 heterocycles. The third-order valence-corrected chi connectivity index (χ3v) is 5.72. The first-order valence-corrected chi connectivity index (χ1v) is 8.74. The second-order valence-corrected chi connectivity index (χ2v) is 8.67. The van der Waals surface area contributed by atoms with Crippen LogP contribution < -0.4 is 0 Å². The number of carbonyl (C=O) groups is 3. The van der Waals surface area contributed by atoms with Gasteiger partial charge in [0.25, 0.3) is 0 Å². The van der Waals surface area contributed by atoms with Gasteiger partial charge < -0.3 is 9.47 Å². The summed E-state index contributed by atoms with van der Waals surface area (Å²) >= 11 is 0. The van der Waals surface area contributed by atoms with Gasteiger partial charge in [0.05, 0.1) is 5.41 Å². The van der Waals surface area contributed by atoms with Crippen molar-refractivity contribution in [3.63, 3.8) is 0 Å². The van der Waals surface area contributed by atoms with E-state index in [0.717, 1.165) is 19.3 Å². The van der Waals surface area contributed by atoms with Crippen LogP contribution in [0.2, 0.25) is 0 Å². The van der Waals surface area contributed by atoms with Gasteiger partial charge in [0.15, 0.2) is 0 Å². The summed E-state index contributed by atoms with van der Waals surface area (Å²) in [6, 6.07) is 0. The molecule has 4 rings (SSSR count). The van der Waals surface area contributed by atoms with E-state index in [1.54, 1.807) is 0 Å². The Bertz CT molecular complexity index is 589. The standard InChI is InChI=1S/C18H24F2O5/c1-16(2,9-24-15(23)17(3,19)20)14(22)25-18-6-10-4-11(7-18)13(21)12(5-10)8-18/h10-12H,4-9H2,1-3H3. The summed E-state index contributed by atoms with van der Waals surface area (Å²) in [5.41, 5.74) is -1.86. The smallest absolute Gasteiger partial charge is 0.376 e. The lowest BCUT2D eigenvalue weighted by atomic mass is 9.53. The SMILES string of the molecule is CC(F)(F)C(=O)OCC(C)(C)C(=O)OC12CC3CC(C1)C(=O)C(C3)C2. The maximum absolute atomic E-state index is 12.9. The monoisotopic (exact) mass is 358 g/mol. The van der Waals surface area contributed by atoms with Crippen molar-refractivity contribution in [1.82, 2.24) is 0 Å². The highest BCUT2D eigenvalue weighted by Crippen LogP contribution is 2.55. The minimum Gasteiger partial charge on any atom is -0.460 e. The molecule has 4 aliphatic rings. The molecular formula is C18H24F2O5. The minimum absolute atomic E-state index is 0.0289. The van der Waals surface area contributed by atoms with Crippen molar-refractivity contribution in [3.05, 3.63) is 0 Å². The molecule has 2 unspecified atom stereocenters. The van der Waals surface area contributed by atoms with Gasteiger partial charge in [-0.2, -0.15) is 8.78 Å². The van der Waals surface area contributed by atoms with Gasteiger partial charge in [0.1, 0.15) is 18.0 Å². The average Bonchev–Trinajstić information content (AvgIpc) is 2.48. The lowest BCUT2D eigenvalue weighted by Gasteiger charge is -2.55. The van der Waals surface area contributed by atoms with Gasteiger partial charge in [-0.15, -0.1) is 0 Å². The third-order valence-electron chi connectivity index (χ3n) is 5.72. The second-order valence-electron chi connectivity index (χ2n) is 8.67. The molecule has 7 heteroatoms. The molecule has 140 valence electrons. The second kappa shape index (κ2) is 5.74. The van der Waals surface area contributed by atoms with Gasteiger partial charge in [0.2, 0.25) is 0 Å². The predicted molar refractivity (Wildman–Crippen MR) is 82.7 cm³/mol. The molecule has 5 nitrogen and oxygen atoms in total. The first kappa shape index (κ1) is 18.3. The minimum atomic E-state index is -3.60. The first-order valence-electron chi connectivity index (χ1n) is 8.74. The zero-order chi connectivity index (χ0) is 18.6. The summed E-state index contributed by atoms with van der Waals surface area (Å²) in [6.45, 7) is 2.98. The van der Waals surface area contributed by atoms with Crippen LogP contribution in [0.25, 0.3) is 0 Å². The molecule has 0 aromatic rings. The van der Waals surface area contributed by atoms with E-state index in [9.17, 15) is 23.2 Å². The molecule has 0 saturated heterocycles. The van der Waals surface area contributed by atoms with Crippen molar-refractivity contribution in [1.29, 1.82) is 0 Å². The molecule has 0 amide bonds. The highest BCUT2D eigenvalue weighted by atomic mass is 19.3. The van der Waals surface area contributed by atoms with Gasteiger partial charge in [-0.1, -0.05) is 0 Å². The van der Waals surface area contributed by atoms with Crippen molar-refractivity contribution in [2.45, 2.75) is 64.4 Å². The van der Waals surface area contributed by atoms with Crippen LogP contribution in [0.3, 0.4) is 0 Å². The number of rotatable bonds is 5. The largest absolute Gasteiger partial charge is 0.460 e. The van der Waals surface area contributed by atoms with Gasteiger partial charge in [0, 0.05) is 18.8 Å². The van der Waals surface area contributed by atoms with Crippen molar-refractivity contribution >= 4 is 17.7 Å². The molecule has 0 N–H and O–H groups in total. The van der Waals surface area contributed by atoms with E-state index >= 15 is 0 Å². The predicted octanol–water partition coefficient (Wildman–Crippen LogP) is 2.90. The maximum Gasteiger partial charge on any atom is 0.376 e. The topological polar surface area (TPSA) is 69.7 Å². The van der Waals surface area contributed by atoms with Gasteiger partial charge in [-0.25, -0.2) is 4.79 Å². The van der Waals surface area contributed by atoms with Crippen molar-refractivity contribution in [3.8, 4) is 0 Å². The Morgan fingerprint density at radius 2 is 1.64 bits per heavy atom. The molecule has 0 radical (unpaired) electrons. The number of Topliss-reactive ketones (excluding diaryl/α,β-unsaturated/α-hetero) is 1. The van der Waals surface area contributed by atoms with E-state index in [-0.39, 0.29) is 11.8 Å². The lowest BCUT2D eigenvalue weighted by molar-refractivity contribution is -0.200. The van der Waals surface area contributed by atoms with E-state index in [2.05, 4.69) is 4.74 Å². The molecule has 25 heavy (non-hydrogen) atoms. The van der Waals surface area contributed by atoms with Crippen molar-refractivity contribution in [2.24, 2.45) is 23.2 Å². The van der Waals surface area contributed by atoms with E-state index in [1.807, 2.05) is 0 Å². The fraction of sp³-hybridized carbons (Fsp3) is 0.833. The Hall–Kier alpha value is -1.53. The number of ether oxygens (including phenoxy) is 2. The molecule has 2 atom stereocenters. The highest BCUT2D eigenvalue weighted by Gasteiger charge is 2.57. The van der Waals surface area contributed by atoms with Crippen LogP contribution in [-0.4, -0.2) is 35.9 Å². The quantitative estimate of drug-likeness (QED) is 0.707. The Labute approximate surface area is 145 Å². The summed E-state index contributed by atoms with van der Waals surface area (Å²) in [4.78, 5) is 36.0. The molecule has 0 spiro atoms. The Morgan fingerprint density at radius 3 is 2.16 bits per heavy atom. The van der Waals surface area contributed by atoms with Gasteiger partial charge >= 0.3 is 17.9 Å².